The fraction of sp³-hybridized carbons (Fsp3) is 0.250. The van der Waals surface area contributed by atoms with Crippen LogP contribution in [0.2, 0.25) is 0 Å². The lowest BCUT2D eigenvalue weighted by Gasteiger charge is -2.06. The molecule has 0 aliphatic rings. The molecule has 0 aliphatic heterocycles. The predicted molar refractivity (Wildman–Crippen MR) is 44.9 cm³/mol. The highest BCUT2D eigenvalue weighted by Crippen LogP contribution is 2.27. The minimum atomic E-state index is -0.284. The van der Waals surface area contributed by atoms with Crippen molar-refractivity contribution in [3.8, 4) is 5.75 Å². The summed E-state index contributed by atoms with van der Waals surface area (Å²) >= 11 is 4.05. The maximum Gasteiger partial charge on any atom is 0.135 e. The van der Waals surface area contributed by atoms with Crippen molar-refractivity contribution < 1.29 is 9.13 Å². The van der Waals surface area contributed by atoms with Gasteiger partial charge in [-0.25, -0.2) is 4.39 Å². The van der Waals surface area contributed by atoms with E-state index in [4.69, 9.17) is 4.74 Å². The number of hydrogen-bond acceptors (Lipinski definition) is 2. The molecule has 0 aliphatic carbocycles. The smallest absolute Gasteiger partial charge is 0.135 e. The second-order valence-electron chi connectivity index (χ2n) is 2.28. The van der Waals surface area contributed by atoms with Crippen molar-refractivity contribution >= 4 is 12.6 Å². The van der Waals surface area contributed by atoms with Crippen LogP contribution in [0.4, 0.5) is 4.39 Å². The van der Waals surface area contributed by atoms with Gasteiger partial charge in [0, 0.05) is 4.90 Å². The Labute approximate surface area is 70.6 Å². The first kappa shape index (κ1) is 8.40. The van der Waals surface area contributed by atoms with E-state index in [1.165, 1.54) is 12.1 Å². The maximum atomic E-state index is 12.6. The Hall–Kier alpha value is -0.700. The van der Waals surface area contributed by atoms with Crippen molar-refractivity contribution in [3.63, 3.8) is 0 Å². The molecule has 0 saturated heterocycles. The van der Waals surface area contributed by atoms with Crippen LogP contribution in [-0.2, 0) is 0 Å². The normalized spacial score (nSPS) is 9.82. The molecule has 0 spiro atoms. The van der Waals surface area contributed by atoms with Crippen LogP contribution in [0.3, 0.4) is 0 Å². The topological polar surface area (TPSA) is 9.23 Å². The average Bonchev–Trinajstić information content (AvgIpc) is 1.85. The van der Waals surface area contributed by atoms with Crippen LogP contribution in [0.1, 0.15) is 5.56 Å². The monoisotopic (exact) mass is 172 g/mol. The number of thiol groups is 1. The van der Waals surface area contributed by atoms with E-state index in [0.717, 1.165) is 5.56 Å². The Balaban J connectivity index is 3.25. The molecule has 11 heavy (non-hydrogen) atoms. The van der Waals surface area contributed by atoms with Crippen molar-refractivity contribution in [2.24, 2.45) is 0 Å². The molecule has 0 fully saturated rings. The summed E-state index contributed by atoms with van der Waals surface area (Å²) in [6, 6.07) is 2.74. The van der Waals surface area contributed by atoms with Gasteiger partial charge in [0.25, 0.3) is 0 Å². The fourth-order valence-electron chi connectivity index (χ4n) is 0.978. The second-order valence-corrected chi connectivity index (χ2v) is 2.76. The number of aryl methyl sites for hydroxylation is 1. The quantitative estimate of drug-likeness (QED) is 0.640. The van der Waals surface area contributed by atoms with Crippen LogP contribution in [-0.4, -0.2) is 7.11 Å². The van der Waals surface area contributed by atoms with Gasteiger partial charge in [-0.05, 0) is 24.6 Å². The summed E-state index contributed by atoms with van der Waals surface area (Å²) in [5.41, 5.74) is 0.762. The molecular weight excluding hydrogens is 163 g/mol. The minimum absolute atomic E-state index is 0.284. The van der Waals surface area contributed by atoms with Crippen molar-refractivity contribution in [2.75, 3.05) is 7.11 Å². The second kappa shape index (κ2) is 3.13. The number of halogens is 1. The number of hydrogen-bond donors (Lipinski definition) is 1. The number of methoxy groups -OCH3 is 1. The van der Waals surface area contributed by atoms with Gasteiger partial charge < -0.3 is 4.74 Å². The SMILES string of the molecule is COc1c(C)cc(F)cc1S. The fourth-order valence-corrected chi connectivity index (χ4v) is 1.37. The Morgan fingerprint density at radius 3 is 2.55 bits per heavy atom. The van der Waals surface area contributed by atoms with Crippen molar-refractivity contribution in [1.82, 2.24) is 0 Å². The van der Waals surface area contributed by atoms with Gasteiger partial charge in [-0.15, -0.1) is 12.6 Å². The van der Waals surface area contributed by atoms with Crippen molar-refractivity contribution in [2.45, 2.75) is 11.8 Å². The van der Waals surface area contributed by atoms with E-state index in [-0.39, 0.29) is 5.82 Å². The van der Waals surface area contributed by atoms with E-state index < -0.39 is 0 Å². The minimum Gasteiger partial charge on any atom is -0.495 e. The van der Waals surface area contributed by atoms with Crippen molar-refractivity contribution in [1.29, 1.82) is 0 Å². The molecule has 0 heterocycles. The molecule has 0 amide bonds. The maximum absolute atomic E-state index is 12.6. The zero-order valence-electron chi connectivity index (χ0n) is 6.39. The van der Waals surface area contributed by atoms with Gasteiger partial charge in [0.15, 0.2) is 0 Å². The Kier molecular flexibility index (Phi) is 2.39. The molecule has 60 valence electrons. The van der Waals surface area contributed by atoms with E-state index in [1.54, 1.807) is 14.0 Å². The summed E-state index contributed by atoms with van der Waals surface area (Å²) < 4.78 is 17.6. The lowest BCUT2D eigenvalue weighted by molar-refractivity contribution is 0.400. The summed E-state index contributed by atoms with van der Waals surface area (Å²) in [6.45, 7) is 1.78. The van der Waals surface area contributed by atoms with Gasteiger partial charge in [0.2, 0.25) is 0 Å². The summed E-state index contributed by atoms with van der Waals surface area (Å²) in [7, 11) is 1.54. The van der Waals surface area contributed by atoms with E-state index in [2.05, 4.69) is 12.6 Å². The van der Waals surface area contributed by atoms with Gasteiger partial charge in [-0.3, -0.25) is 0 Å². The first-order valence-electron chi connectivity index (χ1n) is 3.18. The highest BCUT2D eigenvalue weighted by Gasteiger charge is 2.04. The molecule has 0 saturated carbocycles. The van der Waals surface area contributed by atoms with E-state index in [0.29, 0.717) is 10.6 Å². The third-order valence-corrected chi connectivity index (χ3v) is 1.76. The molecule has 0 unspecified atom stereocenters. The molecule has 0 radical (unpaired) electrons. The standard InChI is InChI=1S/C8H9FOS/c1-5-3-6(9)4-7(11)8(5)10-2/h3-4,11H,1-2H3. The van der Waals surface area contributed by atoms with Crippen LogP contribution in [0.5, 0.6) is 5.75 Å². The summed E-state index contributed by atoms with van der Waals surface area (Å²) in [5.74, 6) is 0.350. The Morgan fingerprint density at radius 1 is 1.45 bits per heavy atom. The number of benzene rings is 1. The first-order valence-corrected chi connectivity index (χ1v) is 3.63. The number of ether oxygens (including phenoxy) is 1. The van der Waals surface area contributed by atoms with Gasteiger partial charge in [-0.1, -0.05) is 0 Å². The highest BCUT2D eigenvalue weighted by atomic mass is 32.1. The lowest BCUT2D eigenvalue weighted by atomic mass is 10.2. The van der Waals surface area contributed by atoms with E-state index >= 15 is 0 Å². The first-order chi connectivity index (χ1) is 5.15. The molecule has 1 rings (SSSR count). The molecule has 1 nitrogen and oxygen atoms in total. The van der Waals surface area contributed by atoms with E-state index in [9.17, 15) is 4.39 Å². The Morgan fingerprint density at radius 2 is 2.09 bits per heavy atom. The van der Waals surface area contributed by atoms with Gasteiger partial charge in [0.05, 0.1) is 7.11 Å². The van der Waals surface area contributed by atoms with Gasteiger partial charge in [-0.2, -0.15) is 0 Å². The molecule has 0 bridgehead atoms. The Bertz CT molecular complexity index is 250. The highest BCUT2D eigenvalue weighted by molar-refractivity contribution is 7.80. The third-order valence-electron chi connectivity index (χ3n) is 1.42. The number of rotatable bonds is 1. The molecule has 0 aromatic heterocycles. The van der Waals surface area contributed by atoms with Crippen LogP contribution in [0.25, 0.3) is 0 Å². The summed E-state index contributed by atoms with van der Waals surface area (Å²) in [6.07, 6.45) is 0. The van der Waals surface area contributed by atoms with Crippen LogP contribution in [0.15, 0.2) is 17.0 Å². The lowest BCUT2D eigenvalue weighted by Crippen LogP contribution is -1.89. The zero-order chi connectivity index (χ0) is 8.43. The van der Waals surface area contributed by atoms with Crippen LogP contribution < -0.4 is 4.74 Å². The predicted octanol–water partition coefficient (Wildman–Crippen LogP) is 2.43. The molecule has 0 atom stereocenters. The van der Waals surface area contributed by atoms with Gasteiger partial charge in [0.1, 0.15) is 11.6 Å². The zero-order valence-corrected chi connectivity index (χ0v) is 7.28. The van der Waals surface area contributed by atoms with Crippen LogP contribution >= 0.6 is 12.6 Å². The molecule has 0 N–H and O–H groups in total. The van der Waals surface area contributed by atoms with Crippen LogP contribution in [0, 0.1) is 12.7 Å². The molecule has 1 aromatic carbocycles. The summed E-state index contributed by atoms with van der Waals surface area (Å²) in [4.78, 5) is 0.532. The van der Waals surface area contributed by atoms with Crippen molar-refractivity contribution in [3.05, 3.63) is 23.5 Å². The molecule has 3 heteroatoms. The third kappa shape index (κ3) is 1.66. The average molecular weight is 172 g/mol. The summed E-state index contributed by atoms with van der Waals surface area (Å²) in [5, 5.41) is 0. The molecule has 1 aromatic rings. The van der Waals surface area contributed by atoms with Gasteiger partial charge >= 0.3 is 0 Å². The molecular formula is C8H9FOS. The largest absolute Gasteiger partial charge is 0.495 e. The van der Waals surface area contributed by atoms with E-state index in [1.807, 2.05) is 0 Å².